The van der Waals surface area contributed by atoms with Crippen LogP contribution in [0.15, 0.2) is 36.2 Å². The lowest BCUT2D eigenvalue weighted by molar-refractivity contribution is 0.445. The van der Waals surface area contributed by atoms with Gasteiger partial charge in [-0.1, -0.05) is 33.9 Å². The second-order valence-electron chi connectivity index (χ2n) is 3.76. The van der Waals surface area contributed by atoms with Gasteiger partial charge < -0.3 is 0 Å². The van der Waals surface area contributed by atoms with Crippen LogP contribution in [0.25, 0.3) is 0 Å². The summed E-state index contributed by atoms with van der Waals surface area (Å²) in [4.78, 5) is 0. The standard InChI is InChI=1S/C10H13F3/c1-6(10(3,4)5)8(12)9(13)7(2)11/h1-2H2,3-5H3/b9-8-. The number of rotatable bonds is 2. The summed E-state index contributed by atoms with van der Waals surface area (Å²) in [5.41, 5.74) is -0.708. The van der Waals surface area contributed by atoms with Gasteiger partial charge in [0.1, 0.15) is 0 Å². The highest BCUT2D eigenvalue weighted by Crippen LogP contribution is 2.33. The first-order valence-corrected chi connectivity index (χ1v) is 3.77. The maximum Gasteiger partial charge on any atom is 0.194 e. The SMILES string of the molecule is C=C(F)/C(F)=C(/F)C(=C)C(C)(C)C. The molecule has 0 aromatic carbocycles. The van der Waals surface area contributed by atoms with E-state index >= 15 is 0 Å². The maximum atomic E-state index is 13.0. The van der Waals surface area contributed by atoms with E-state index in [9.17, 15) is 13.2 Å². The Morgan fingerprint density at radius 3 is 1.54 bits per heavy atom. The summed E-state index contributed by atoms with van der Waals surface area (Å²) in [5.74, 6) is -4.25. The molecule has 0 unspecified atom stereocenters. The highest BCUT2D eigenvalue weighted by atomic mass is 19.2. The number of halogens is 3. The van der Waals surface area contributed by atoms with Crippen LogP contribution in [-0.2, 0) is 0 Å². The lowest BCUT2D eigenvalue weighted by Gasteiger charge is -2.20. The van der Waals surface area contributed by atoms with Gasteiger partial charge in [-0.25, -0.2) is 13.2 Å². The van der Waals surface area contributed by atoms with Crippen LogP contribution in [0.5, 0.6) is 0 Å². The maximum absolute atomic E-state index is 13.0. The van der Waals surface area contributed by atoms with E-state index in [1.54, 1.807) is 20.8 Å². The van der Waals surface area contributed by atoms with Gasteiger partial charge in [0, 0.05) is 0 Å². The second-order valence-corrected chi connectivity index (χ2v) is 3.76. The molecule has 0 atom stereocenters. The van der Waals surface area contributed by atoms with Crippen LogP contribution < -0.4 is 0 Å². The third-order valence-corrected chi connectivity index (χ3v) is 1.60. The summed E-state index contributed by atoms with van der Waals surface area (Å²) in [6.45, 7) is 11.0. The van der Waals surface area contributed by atoms with Gasteiger partial charge in [0.05, 0.1) is 0 Å². The minimum Gasteiger partial charge on any atom is -0.204 e. The molecule has 0 aliphatic carbocycles. The normalized spacial score (nSPS) is 13.7. The average molecular weight is 190 g/mol. The van der Waals surface area contributed by atoms with Gasteiger partial charge >= 0.3 is 0 Å². The molecule has 0 N–H and O–H groups in total. The van der Waals surface area contributed by atoms with Crippen LogP contribution >= 0.6 is 0 Å². The van der Waals surface area contributed by atoms with E-state index < -0.39 is 22.9 Å². The molecule has 0 spiro atoms. The molecule has 0 rings (SSSR count). The van der Waals surface area contributed by atoms with Crippen molar-refractivity contribution in [2.45, 2.75) is 20.8 Å². The molecular formula is C10H13F3. The van der Waals surface area contributed by atoms with Gasteiger partial charge in [-0.15, -0.1) is 0 Å². The molecule has 0 nitrogen and oxygen atoms in total. The molecule has 0 aromatic rings. The first kappa shape index (κ1) is 12.0. The van der Waals surface area contributed by atoms with Gasteiger partial charge in [0.15, 0.2) is 17.5 Å². The Balaban J connectivity index is 5.01. The molecule has 0 fully saturated rings. The molecule has 0 saturated carbocycles. The molecule has 0 saturated heterocycles. The Hall–Kier alpha value is -0.990. The lowest BCUT2D eigenvalue weighted by Crippen LogP contribution is -2.09. The minimum atomic E-state index is -1.57. The molecule has 0 aliphatic rings. The van der Waals surface area contributed by atoms with E-state index in [1.165, 1.54) is 0 Å². The van der Waals surface area contributed by atoms with E-state index in [0.717, 1.165) is 0 Å². The van der Waals surface area contributed by atoms with E-state index in [-0.39, 0.29) is 5.57 Å². The van der Waals surface area contributed by atoms with Crippen LogP contribution in [0, 0.1) is 5.41 Å². The minimum absolute atomic E-state index is 0.0798. The zero-order valence-electron chi connectivity index (χ0n) is 8.05. The van der Waals surface area contributed by atoms with Crippen molar-refractivity contribution in [2.24, 2.45) is 5.41 Å². The summed E-state index contributed by atoms with van der Waals surface area (Å²) in [6, 6.07) is 0. The second kappa shape index (κ2) is 3.81. The third-order valence-electron chi connectivity index (χ3n) is 1.60. The van der Waals surface area contributed by atoms with Gasteiger partial charge in [0.25, 0.3) is 0 Å². The van der Waals surface area contributed by atoms with Crippen LogP contribution in [-0.4, -0.2) is 0 Å². The van der Waals surface area contributed by atoms with Crippen molar-refractivity contribution in [1.29, 1.82) is 0 Å². The molecule has 0 amide bonds. The highest BCUT2D eigenvalue weighted by Gasteiger charge is 2.23. The molecule has 0 aliphatic heterocycles. The van der Waals surface area contributed by atoms with Crippen LogP contribution in [0.1, 0.15) is 20.8 Å². The number of allylic oxidation sites excluding steroid dienone is 4. The summed E-state index contributed by atoms with van der Waals surface area (Å²) in [7, 11) is 0. The Labute approximate surface area is 76.5 Å². The smallest absolute Gasteiger partial charge is 0.194 e. The number of hydrogen-bond donors (Lipinski definition) is 0. The largest absolute Gasteiger partial charge is 0.204 e. The predicted molar refractivity (Wildman–Crippen MR) is 48.1 cm³/mol. The van der Waals surface area contributed by atoms with Crippen LogP contribution in [0.3, 0.4) is 0 Å². The zero-order valence-corrected chi connectivity index (χ0v) is 8.05. The quantitative estimate of drug-likeness (QED) is 0.572. The molecule has 13 heavy (non-hydrogen) atoms. The van der Waals surface area contributed by atoms with Crippen molar-refractivity contribution in [3.63, 3.8) is 0 Å². The number of hydrogen-bond acceptors (Lipinski definition) is 0. The third kappa shape index (κ3) is 3.09. The summed E-state index contributed by atoms with van der Waals surface area (Å²) in [5, 5.41) is 0. The van der Waals surface area contributed by atoms with Gasteiger partial charge in [-0.3, -0.25) is 0 Å². The molecule has 74 valence electrons. The van der Waals surface area contributed by atoms with Crippen LogP contribution in [0.4, 0.5) is 13.2 Å². The molecule has 0 bridgehead atoms. The summed E-state index contributed by atoms with van der Waals surface area (Å²) in [6.07, 6.45) is 0. The summed E-state index contributed by atoms with van der Waals surface area (Å²) < 4.78 is 37.9. The first-order valence-electron chi connectivity index (χ1n) is 3.77. The van der Waals surface area contributed by atoms with Gasteiger partial charge in [-0.05, 0) is 11.0 Å². The topological polar surface area (TPSA) is 0 Å². The first-order chi connectivity index (χ1) is 5.68. The van der Waals surface area contributed by atoms with Crippen molar-refractivity contribution in [2.75, 3.05) is 0 Å². The Kier molecular flexibility index (Phi) is 3.52. The fourth-order valence-corrected chi connectivity index (χ4v) is 0.581. The Morgan fingerprint density at radius 1 is 0.923 bits per heavy atom. The van der Waals surface area contributed by atoms with E-state index in [2.05, 4.69) is 13.2 Å². The van der Waals surface area contributed by atoms with E-state index in [0.29, 0.717) is 0 Å². The van der Waals surface area contributed by atoms with Gasteiger partial charge in [-0.2, -0.15) is 0 Å². The highest BCUT2D eigenvalue weighted by molar-refractivity contribution is 5.35. The van der Waals surface area contributed by atoms with Crippen molar-refractivity contribution >= 4 is 0 Å². The molecule has 3 heteroatoms. The Bertz CT molecular complexity index is 266. The summed E-state index contributed by atoms with van der Waals surface area (Å²) >= 11 is 0. The molecular weight excluding hydrogens is 177 g/mol. The van der Waals surface area contributed by atoms with Crippen molar-refractivity contribution in [3.8, 4) is 0 Å². The fraction of sp³-hybridized carbons (Fsp3) is 0.400. The van der Waals surface area contributed by atoms with Crippen molar-refractivity contribution in [1.82, 2.24) is 0 Å². The molecule has 0 radical (unpaired) electrons. The molecule has 0 heterocycles. The van der Waals surface area contributed by atoms with Crippen molar-refractivity contribution in [3.05, 3.63) is 36.2 Å². The van der Waals surface area contributed by atoms with E-state index in [4.69, 9.17) is 0 Å². The van der Waals surface area contributed by atoms with Gasteiger partial charge in [0.2, 0.25) is 0 Å². The average Bonchev–Trinajstić information content (AvgIpc) is 1.98. The predicted octanol–water partition coefficient (Wildman–Crippen LogP) is 4.22. The molecule has 0 aromatic heterocycles. The van der Waals surface area contributed by atoms with Crippen LogP contribution in [0.2, 0.25) is 0 Å². The lowest BCUT2D eigenvalue weighted by atomic mass is 9.86. The monoisotopic (exact) mass is 190 g/mol. The Morgan fingerprint density at radius 2 is 1.31 bits per heavy atom. The fourth-order valence-electron chi connectivity index (χ4n) is 0.581. The van der Waals surface area contributed by atoms with E-state index in [1.807, 2.05) is 0 Å². The zero-order chi connectivity index (χ0) is 10.8. The van der Waals surface area contributed by atoms with Crippen molar-refractivity contribution < 1.29 is 13.2 Å².